The van der Waals surface area contributed by atoms with Crippen molar-refractivity contribution in [3.63, 3.8) is 0 Å². The molecule has 0 bridgehead atoms. The Morgan fingerprint density at radius 3 is 2.94 bits per heavy atom. The van der Waals surface area contributed by atoms with E-state index in [2.05, 4.69) is 25.7 Å². The molecule has 2 heterocycles. The number of methoxy groups -OCH3 is 1. The summed E-state index contributed by atoms with van der Waals surface area (Å²) in [7, 11) is 2.55. The van der Waals surface area contributed by atoms with Crippen molar-refractivity contribution in [2.45, 2.75) is 0 Å². The van der Waals surface area contributed by atoms with Crippen LogP contribution in [0.15, 0.2) is 21.5 Å². The Morgan fingerprint density at radius 1 is 1.65 bits per heavy atom. The van der Waals surface area contributed by atoms with Crippen LogP contribution in [0.4, 0.5) is 0 Å². The van der Waals surface area contributed by atoms with Crippen LogP contribution in [-0.4, -0.2) is 22.0 Å². The van der Waals surface area contributed by atoms with Crippen molar-refractivity contribution >= 4 is 63.1 Å². The zero-order chi connectivity index (χ0) is 12.6. The zero-order valence-corrected chi connectivity index (χ0v) is 13.1. The maximum atomic E-state index is 11.8. The van der Waals surface area contributed by atoms with E-state index >= 15 is 0 Å². The van der Waals surface area contributed by atoms with Gasteiger partial charge in [0.2, 0.25) is 0 Å². The molecule has 17 heavy (non-hydrogen) atoms. The highest BCUT2D eigenvalue weighted by molar-refractivity contribution is 14.2. The van der Waals surface area contributed by atoms with Crippen molar-refractivity contribution in [3.8, 4) is 0 Å². The number of pyridine rings is 1. The normalized spacial score (nSPS) is 10.8. The van der Waals surface area contributed by atoms with Crippen LogP contribution in [0.5, 0.6) is 0 Å². The van der Waals surface area contributed by atoms with E-state index in [1.165, 1.54) is 16.2 Å². The number of nitrogens with zero attached hydrogens (tertiary/aromatic N) is 1. The molecule has 8 heteroatoms. The van der Waals surface area contributed by atoms with Gasteiger partial charge in [-0.3, -0.25) is 8.77 Å². The lowest BCUT2D eigenvalue weighted by Gasteiger charge is -2.02. The molecular weight excluding hydrogens is 423 g/mol. The molecule has 0 aromatic carbocycles. The fraction of sp³-hybridized carbons (Fsp3) is 0.111. The first-order valence-electron chi connectivity index (χ1n) is 4.40. The topological polar surface area (TPSA) is 64.1 Å². The minimum atomic E-state index is -0.475. The number of esters is 1. The van der Waals surface area contributed by atoms with Gasteiger partial charge < -0.3 is 9.72 Å². The lowest BCUT2D eigenvalue weighted by molar-refractivity contribution is 0.0594. The minimum Gasteiger partial charge on any atom is -0.464 e. The van der Waals surface area contributed by atoms with Crippen molar-refractivity contribution in [2.75, 3.05) is 7.11 Å². The molecule has 0 fully saturated rings. The smallest absolute Gasteiger partial charge is 0.355 e. The molecule has 0 radical (unpaired) electrons. The molecule has 0 atom stereocenters. The molecule has 90 valence electrons. The first-order chi connectivity index (χ1) is 8.10. The second-order valence-corrected chi connectivity index (χ2v) is 5.65. The van der Waals surface area contributed by atoms with Gasteiger partial charge in [-0.25, -0.2) is 4.79 Å². The second kappa shape index (κ2) is 5.02. The Labute approximate surface area is 121 Å². The Bertz CT molecular complexity index is 651. The minimum absolute atomic E-state index is 0.248. The van der Waals surface area contributed by atoms with Gasteiger partial charge in [0.1, 0.15) is 11.2 Å². The summed E-state index contributed by atoms with van der Waals surface area (Å²) in [4.78, 5) is 26.0. The summed E-state index contributed by atoms with van der Waals surface area (Å²) < 4.78 is 6.95. The maximum Gasteiger partial charge on any atom is 0.355 e. The molecule has 0 saturated heterocycles. The van der Waals surface area contributed by atoms with Crippen LogP contribution in [0.25, 0.3) is 10.9 Å². The molecule has 2 aromatic heterocycles. The third-order valence-electron chi connectivity index (χ3n) is 2.22. The SMILES string of the molecule is COC(=O)c1cc2c(Br)c[nH]c(=O)c2n1SI. The van der Waals surface area contributed by atoms with Crippen molar-refractivity contribution in [3.05, 3.63) is 32.8 Å². The molecule has 0 unspecified atom stereocenters. The number of rotatable bonds is 2. The molecule has 0 aliphatic heterocycles. The number of hydrogen-bond acceptors (Lipinski definition) is 4. The molecule has 0 aliphatic rings. The van der Waals surface area contributed by atoms with E-state index in [0.29, 0.717) is 16.6 Å². The average molecular weight is 429 g/mol. The fourth-order valence-electron chi connectivity index (χ4n) is 1.48. The standard InChI is InChI=1S/C9H6BrIN2O3S/c1-16-9(15)6-2-4-5(10)3-12-8(14)7(4)13(6)17-11/h2-3H,1H3,(H,12,14). The molecule has 2 rings (SSSR count). The van der Waals surface area contributed by atoms with Crippen LogP contribution in [-0.2, 0) is 4.74 Å². The van der Waals surface area contributed by atoms with E-state index < -0.39 is 5.97 Å². The number of H-pyrrole nitrogens is 1. The molecule has 5 nitrogen and oxygen atoms in total. The van der Waals surface area contributed by atoms with Gasteiger partial charge in [-0.1, -0.05) is 0 Å². The highest BCUT2D eigenvalue weighted by Crippen LogP contribution is 2.30. The van der Waals surface area contributed by atoms with Crippen molar-refractivity contribution in [2.24, 2.45) is 0 Å². The maximum absolute atomic E-state index is 11.8. The van der Waals surface area contributed by atoms with Crippen LogP contribution in [0, 0.1) is 0 Å². The van der Waals surface area contributed by atoms with E-state index in [-0.39, 0.29) is 5.56 Å². The van der Waals surface area contributed by atoms with Gasteiger partial charge in [0.05, 0.1) is 7.11 Å². The average Bonchev–Trinajstić information content (AvgIpc) is 2.73. The predicted octanol–water partition coefficient (Wildman–Crippen LogP) is 2.73. The van der Waals surface area contributed by atoms with E-state index in [0.717, 1.165) is 4.47 Å². The van der Waals surface area contributed by atoms with E-state index in [1.807, 2.05) is 21.2 Å². The second-order valence-electron chi connectivity index (χ2n) is 3.11. The number of carbonyl (C=O) groups excluding carboxylic acids is 1. The van der Waals surface area contributed by atoms with Crippen LogP contribution >= 0.6 is 46.3 Å². The number of hydrogen-bond donors (Lipinski definition) is 1. The Hall–Kier alpha value is -0.480. The van der Waals surface area contributed by atoms with Gasteiger partial charge in [0.15, 0.2) is 0 Å². The highest BCUT2D eigenvalue weighted by atomic mass is 127. The van der Waals surface area contributed by atoms with Gasteiger partial charge in [-0.05, 0) is 22.0 Å². The Balaban J connectivity index is 2.89. The summed E-state index contributed by atoms with van der Waals surface area (Å²) >= 11 is 5.34. The van der Waals surface area contributed by atoms with Gasteiger partial charge in [0.25, 0.3) is 5.56 Å². The summed E-state index contributed by atoms with van der Waals surface area (Å²) in [6, 6.07) is 1.63. The predicted molar refractivity (Wildman–Crippen MR) is 78.6 cm³/mol. The van der Waals surface area contributed by atoms with Gasteiger partial charge in [-0.2, -0.15) is 0 Å². The Kier molecular flexibility index (Phi) is 3.83. The molecule has 0 saturated carbocycles. The number of fused-ring (bicyclic) bond motifs is 1. The lowest BCUT2D eigenvalue weighted by Crippen LogP contribution is -2.11. The van der Waals surface area contributed by atoms with Crippen LogP contribution in [0.3, 0.4) is 0 Å². The highest BCUT2D eigenvalue weighted by Gasteiger charge is 2.19. The molecule has 0 amide bonds. The van der Waals surface area contributed by atoms with Crippen LogP contribution in [0.2, 0.25) is 0 Å². The van der Waals surface area contributed by atoms with Crippen molar-refractivity contribution in [1.29, 1.82) is 0 Å². The third kappa shape index (κ3) is 2.13. The number of carbonyl (C=O) groups is 1. The third-order valence-corrected chi connectivity index (χ3v) is 4.58. The summed E-state index contributed by atoms with van der Waals surface area (Å²) in [6.07, 6.45) is 1.55. The quantitative estimate of drug-likeness (QED) is 0.590. The van der Waals surface area contributed by atoms with Gasteiger partial charge >= 0.3 is 5.97 Å². The van der Waals surface area contributed by atoms with Crippen LogP contribution in [0.1, 0.15) is 10.5 Å². The monoisotopic (exact) mass is 428 g/mol. The van der Waals surface area contributed by atoms with E-state index in [9.17, 15) is 9.59 Å². The molecule has 2 aromatic rings. The molecule has 0 aliphatic carbocycles. The summed E-state index contributed by atoms with van der Waals surface area (Å²) in [5.74, 6) is -0.475. The van der Waals surface area contributed by atoms with Crippen molar-refractivity contribution in [1.82, 2.24) is 8.96 Å². The molecule has 1 N–H and O–H groups in total. The van der Waals surface area contributed by atoms with Crippen molar-refractivity contribution < 1.29 is 9.53 Å². The van der Waals surface area contributed by atoms with Gasteiger partial charge in [-0.15, -0.1) is 0 Å². The molecular formula is C9H6BrIN2O3S. The Morgan fingerprint density at radius 2 is 2.35 bits per heavy atom. The summed E-state index contributed by atoms with van der Waals surface area (Å²) in [5.41, 5.74) is 0.515. The van der Waals surface area contributed by atoms with E-state index in [4.69, 9.17) is 0 Å². The zero-order valence-electron chi connectivity index (χ0n) is 8.49. The summed E-state index contributed by atoms with van der Waals surface area (Å²) in [6.45, 7) is 0. The number of nitrogens with one attached hydrogen (secondary N) is 1. The number of halogens is 2. The number of aromatic amines is 1. The van der Waals surface area contributed by atoms with E-state index in [1.54, 1.807) is 16.2 Å². The van der Waals surface area contributed by atoms with Crippen LogP contribution < -0.4 is 5.56 Å². The first kappa shape index (κ1) is 13.0. The van der Waals surface area contributed by atoms with Gasteiger partial charge in [0, 0.05) is 46.4 Å². The fourth-order valence-corrected chi connectivity index (χ4v) is 3.58. The lowest BCUT2D eigenvalue weighted by atomic mass is 10.3. The first-order valence-corrected chi connectivity index (χ1v) is 8.51. The molecule has 0 spiro atoms. The number of ether oxygens (including phenoxy) is 1. The summed E-state index contributed by atoms with van der Waals surface area (Å²) in [5, 5.41) is 0.679. The number of aromatic nitrogens is 2. The largest absolute Gasteiger partial charge is 0.464 e.